The number of Topliss-reactive ketones (excluding diaryl/α,β-unsaturated/α-hetero) is 1. The minimum absolute atomic E-state index is 0.140. The van der Waals surface area contributed by atoms with Gasteiger partial charge < -0.3 is 0 Å². The fourth-order valence-corrected chi connectivity index (χ4v) is 4.49. The van der Waals surface area contributed by atoms with Gasteiger partial charge in [-0.15, -0.1) is 0 Å². The van der Waals surface area contributed by atoms with E-state index in [0.29, 0.717) is 33.2 Å². The van der Waals surface area contributed by atoms with Crippen LogP contribution in [0.1, 0.15) is 19.3 Å². The van der Waals surface area contributed by atoms with E-state index >= 15 is 0 Å². The largest absolute Gasteiger partial charge is 0.298 e. The number of carbonyl (C=O) groups excluding carboxylic acids is 1. The SMILES string of the molecule is O=C1CCCC1Sc1nc2ccccc2c(=O)n1-c1cccc(Cl)c1. The van der Waals surface area contributed by atoms with Gasteiger partial charge in [0.05, 0.1) is 21.8 Å². The lowest BCUT2D eigenvalue weighted by molar-refractivity contribution is -0.116. The summed E-state index contributed by atoms with van der Waals surface area (Å²) in [6, 6.07) is 14.4. The summed E-state index contributed by atoms with van der Waals surface area (Å²) in [6.07, 6.45) is 2.32. The smallest absolute Gasteiger partial charge is 0.266 e. The lowest BCUT2D eigenvalue weighted by Crippen LogP contribution is -2.23. The van der Waals surface area contributed by atoms with Gasteiger partial charge in [-0.25, -0.2) is 4.98 Å². The quantitative estimate of drug-likeness (QED) is 0.646. The predicted molar refractivity (Wildman–Crippen MR) is 101 cm³/mol. The van der Waals surface area contributed by atoms with Gasteiger partial charge in [0.15, 0.2) is 5.16 Å². The molecule has 4 nitrogen and oxygen atoms in total. The van der Waals surface area contributed by atoms with Gasteiger partial charge in [0.1, 0.15) is 5.78 Å². The first-order valence-electron chi connectivity index (χ1n) is 8.10. The van der Waals surface area contributed by atoms with Crippen LogP contribution in [0.4, 0.5) is 0 Å². The van der Waals surface area contributed by atoms with E-state index in [2.05, 4.69) is 4.98 Å². The van der Waals surface area contributed by atoms with E-state index in [1.54, 1.807) is 28.8 Å². The van der Waals surface area contributed by atoms with Crippen LogP contribution in [0, 0.1) is 0 Å². The third-order valence-corrected chi connectivity index (χ3v) is 5.81. The second kappa shape index (κ2) is 6.65. The van der Waals surface area contributed by atoms with Crippen molar-refractivity contribution in [2.75, 3.05) is 0 Å². The van der Waals surface area contributed by atoms with Crippen LogP contribution in [0.3, 0.4) is 0 Å². The highest BCUT2D eigenvalue weighted by molar-refractivity contribution is 8.00. The summed E-state index contributed by atoms with van der Waals surface area (Å²) >= 11 is 7.49. The van der Waals surface area contributed by atoms with Gasteiger partial charge in [0.2, 0.25) is 0 Å². The van der Waals surface area contributed by atoms with E-state index in [0.717, 1.165) is 12.8 Å². The number of fused-ring (bicyclic) bond motifs is 1. The van der Waals surface area contributed by atoms with Gasteiger partial charge >= 0.3 is 0 Å². The van der Waals surface area contributed by atoms with Crippen molar-refractivity contribution in [1.29, 1.82) is 0 Å². The lowest BCUT2D eigenvalue weighted by Gasteiger charge is -2.15. The zero-order valence-electron chi connectivity index (χ0n) is 13.3. The molecule has 0 N–H and O–H groups in total. The van der Waals surface area contributed by atoms with E-state index in [9.17, 15) is 9.59 Å². The monoisotopic (exact) mass is 370 g/mol. The minimum Gasteiger partial charge on any atom is -0.298 e. The summed E-state index contributed by atoms with van der Waals surface area (Å²) in [5, 5.41) is 1.49. The molecule has 0 aliphatic heterocycles. The van der Waals surface area contributed by atoms with Gasteiger partial charge in [-0.3, -0.25) is 14.2 Å². The second-order valence-electron chi connectivity index (χ2n) is 6.00. The van der Waals surface area contributed by atoms with Crippen molar-refractivity contribution in [2.24, 2.45) is 0 Å². The van der Waals surface area contributed by atoms with Crippen molar-refractivity contribution in [3.8, 4) is 5.69 Å². The fraction of sp³-hybridized carbons (Fsp3) is 0.211. The number of para-hydroxylation sites is 1. The maximum absolute atomic E-state index is 13.1. The Morgan fingerprint density at radius 3 is 2.72 bits per heavy atom. The van der Waals surface area contributed by atoms with E-state index < -0.39 is 0 Å². The molecule has 1 aromatic heterocycles. The Bertz CT molecular complexity index is 1030. The summed E-state index contributed by atoms with van der Waals surface area (Å²) < 4.78 is 1.56. The number of nitrogens with zero attached hydrogens (tertiary/aromatic N) is 2. The average molecular weight is 371 g/mol. The van der Waals surface area contributed by atoms with Crippen molar-refractivity contribution in [2.45, 2.75) is 29.7 Å². The Balaban J connectivity index is 1.94. The zero-order valence-corrected chi connectivity index (χ0v) is 14.9. The number of rotatable bonds is 3. The van der Waals surface area contributed by atoms with Crippen LogP contribution in [0.25, 0.3) is 16.6 Å². The van der Waals surface area contributed by atoms with Gasteiger partial charge in [-0.1, -0.05) is 41.6 Å². The Morgan fingerprint density at radius 2 is 1.96 bits per heavy atom. The molecule has 25 heavy (non-hydrogen) atoms. The number of halogens is 1. The molecule has 1 atom stereocenters. The number of thioether (sulfide) groups is 1. The summed E-state index contributed by atoms with van der Waals surface area (Å²) in [5.41, 5.74) is 1.14. The van der Waals surface area contributed by atoms with Crippen LogP contribution >= 0.6 is 23.4 Å². The van der Waals surface area contributed by atoms with Crippen LogP contribution in [0.15, 0.2) is 58.5 Å². The molecule has 1 fully saturated rings. The molecule has 1 aliphatic rings. The number of benzene rings is 2. The third-order valence-electron chi connectivity index (χ3n) is 4.31. The number of hydrogen-bond acceptors (Lipinski definition) is 4. The molecule has 126 valence electrons. The van der Waals surface area contributed by atoms with Crippen LogP contribution in [0.2, 0.25) is 5.02 Å². The van der Waals surface area contributed by atoms with Crippen molar-refractivity contribution in [3.63, 3.8) is 0 Å². The summed E-state index contributed by atoms with van der Waals surface area (Å²) in [5.74, 6) is 0.227. The van der Waals surface area contributed by atoms with Gasteiger partial charge in [-0.2, -0.15) is 0 Å². The number of carbonyl (C=O) groups is 1. The van der Waals surface area contributed by atoms with E-state index in [1.165, 1.54) is 11.8 Å². The van der Waals surface area contributed by atoms with Crippen molar-refractivity contribution >= 4 is 40.0 Å². The predicted octanol–water partition coefficient (Wildman–Crippen LogP) is 4.25. The molecule has 0 bridgehead atoms. The molecule has 1 heterocycles. The fourth-order valence-electron chi connectivity index (χ4n) is 3.07. The third kappa shape index (κ3) is 3.10. The molecule has 1 aliphatic carbocycles. The summed E-state index contributed by atoms with van der Waals surface area (Å²) in [7, 11) is 0. The molecule has 6 heteroatoms. The Hall–Kier alpha value is -2.11. The summed E-state index contributed by atoms with van der Waals surface area (Å²) in [4.78, 5) is 29.8. The minimum atomic E-state index is -0.152. The molecule has 2 aromatic carbocycles. The van der Waals surface area contributed by atoms with Gasteiger partial charge in [0.25, 0.3) is 5.56 Å². The van der Waals surface area contributed by atoms with E-state index in [-0.39, 0.29) is 16.6 Å². The maximum Gasteiger partial charge on any atom is 0.266 e. The molecule has 0 amide bonds. The molecular formula is C19H15ClN2O2S. The highest BCUT2D eigenvalue weighted by atomic mass is 35.5. The Labute approximate surface area is 153 Å². The average Bonchev–Trinajstić information content (AvgIpc) is 3.00. The first kappa shape index (κ1) is 16.4. The van der Waals surface area contributed by atoms with Crippen LogP contribution in [-0.2, 0) is 4.79 Å². The summed E-state index contributed by atoms with van der Waals surface area (Å²) in [6.45, 7) is 0. The number of hydrogen-bond donors (Lipinski definition) is 0. The van der Waals surface area contributed by atoms with Crippen molar-refractivity contribution in [1.82, 2.24) is 9.55 Å². The molecule has 1 saturated carbocycles. The molecule has 0 spiro atoms. The van der Waals surface area contributed by atoms with E-state index in [1.807, 2.05) is 24.3 Å². The molecule has 0 saturated heterocycles. The highest BCUT2D eigenvalue weighted by Crippen LogP contribution is 2.33. The van der Waals surface area contributed by atoms with Gasteiger partial charge in [-0.05, 0) is 43.2 Å². The molecular weight excluding hydrogens is 356 g/mol. The topological polar surface area (TPSA) is 52.0 Å². The molecule has 4 rings (SSSR count). The normalized spacial score (nSPS) is 17.3. The Morgan fingerprint density at radius 1 is 1.12 bits per heavy atom. The first-order chi connectivity index (χ1) is 12.1. The molecule has 0 radical (unpaired) electrons. The number of ketones is 1. The highest BCUT2D eigenvalue weighted by Gasteiger charge is 2.27. The van der Waals surface area contributed by atoms with Crippen LogP contribution in [-0.4, -0.2) is 20.6 Å². The standard InChI is InChI=1S/C19H15ClN2O2S/c20-12-5-3-6-13(11-12)22-18(24)14-7-1-2-8-15(14)21-19(22)25-17-10-4-9-16(17)23/h1-3,5-8,11,17H,4,9-10H2. The van der Waals surface area contributed by atoms with E-state index in [4.69, 9.17) is 11.6 Å². The van der Waals surface area contributed by atoms with Crippen LogP contribution in [0.5, 0.6) is 0 Å². The maximum atomic E-state index is 13.1. The Kier molecular flexibility index (Phi) is 4.36. The zero-order chi connectivity index (χ0) is 17.4. The van der Waals surface area contributed by atoms with Crippen molar-refractivity contribution in [3.05, 3.63) is 63.9 Å². The van der Waals surface area contributed by atoms with Crippen molar-refractivity contribution < 1.29 is 4.79 Å². The first-order valence-corrected chi connectivity index (χ1v) is 9.36. The molecule has 1 unspecified atom stereocenters. The van der Waals surface area contributed by atoms with Crippen LogP contribution < -0.4 is 5.56 Å². The van der Waals surface area contributed by atoms with Gasteiger partial charge in [0, 0.05) is 11.4 Å². The second-order valence-corrected chi connectivity index (χ2v) is 7.60. The number of aromatic nitrogens is 2. The lowest BCUT2D eigenvalue weighted by atomic mass is 10.2. The molecule has 3 aromatic rings.